The third-order valence-electron chi connectivity index (χ3n) is 3.40. The summed E-state index contributed by atoms with van der Waals surface area (Å²) in [4.78, 5) is 19.1. The Balaban J connectivity index is 0.000000416. The second-order valence-electron chi connectivity index (χ2n) is 5.78. The summed E-state index contributed by atoms with van der Waals surface area (Å²) >= 11 is 0. The molecule has 2 aromatic rings. The Kier molecular flexibility index (Phi) is 9.80. The van der Waals surface area contributed by atoms with Crippen molar-refractivity contribution >= 4 is 11.9 Å². The number of hydrogen-bond donors (Lipinski definition) is 6. The maximum atomic E-state index is 9.88. The summed E-state index contributed by atoms with van der Waals surface area (Å²) in [5.74, 6) is -2.42. The molecule has 0 spiro atoms. The number of nitrogens with one attached hydrogen (secondary N) is 1. The van der Waals surface area contributed by atoms with Gasteiger partial charge < -0.3 is 25.5 Å². The summed E-state index contributed by atoms with van der Waals surface area (Å²) in [6.45, 7) is 0.566. The molecule has 0 saturated heterocycles. The molecule has 0 aliphatic rings. The minimum absolute atomic E-state index is 0.0461. The highest BCUT2D eigenvalue weighted by molar-refractivity contribution is 5.89. The summed E-state index contributed by atoms with van der Waals surface area (Å²) < 4.78 is 0. The van der Waals surface area contributed by atoms with E-state index in [0.717, 1.165) is 11.1 Å². The number of hydrogen-bond acceptors (Lipinski definition) is 6. The van der Waals surface area contributed by atoms with Crippen LogP contribution in [0.25, 0.3) is 0 Å². The molecule has 0 aliphatic carbocycles. The zero-order valence-corrected chi connectivity index (χ0v) is 15.0. The maximum Gasteiger partial charge on any atom is 0.328 e. The van der Waals surface area contributed by atoms with Crippen LogP contribution in [-0.2, 0) is 22.4 Å². The number of benzene rings is 2. The molecule has 0 aromatic heterocycles. The van der Waals surface area contributed by atoms with Gasteiger partial charge in [0.15, 0.2) is 0 Å². The van der Waals surface area contributed by atoms with Crippen molar-refractivity contribution in [3.05, 3.63) is 71.8 Å². The highest BCUT2D eigenvalue weighted by Gasteiger charge is 2.05. The van der Waals surface area contributed by atoms with E-state index < -0.39 is 18.2 Å². The molecular weight excluding hydrogens is 366 g/mol. The number of rotatable bonds is 8. The molecule has 0 radical (unpaired) electrons. The van der Waals surface area contributed by atoms with E-state index in [1.165, 1.54) is 6.07 Å². The van der Waals surface area contributed by atoms with E-state index in [1.807, 2.05) is 30.3 Å². The average molecular weight is 389 g/mol. The van der Waals surface area contributed by atoms with Crippen LogP contribution >= 0.6 is 0 Å². The van der Waals surface area contributed by atoms with Gasteiger partial charge in [-0.15, -0.1) is 0 Å². The standard InChI is InChI=1S/C16H19NO3.C4H4O4/c18-14-8-13(9-15(19)11-14)6-7-17-16(20)10-12-4-2-1-3-5-12;5-3(6)1-2-4(7)8/h1-5,8-9,11,16-20H,6-7,10H2;1-2H,(H,5,6)(H,7,8)/b;2-1+/t16-;/m1./s1. The fourth-order valence-corrected chi connectivity index (χ4v) is 2.24. The fraction of sp³-hybridized carbons (Fsp3) is 0.200. The van der Waals surface area contributed by atoms with Gasteiger partial charge in [0.05, 0.1) is 0 Å². The van der Waals surface area contributed by atoms with Gasteiger partial charge in [0, 0.05) is 31.2 Å². The Bertz CT molecular complexity index is 754. The van der Waals surface area contributed by atoms with Crippen LogP contribution in [0.1, 0.15) is 11.1 Å². The predicted molar refractivity (Wildman–Crippen MR) is 102 cm³/mol. The van der Waals surface area contributed by atoms with Crippen LogP contribution in [0.3, 0.4) is 0 Å². The third kappa shape index (κ3) is 10.6. The van der Waals surface area contributed by atoms with Gasteiger partial charge in [-0.25, -0.2) is 9.59 Å². The van der Waals surface area contributed by atoms with E-state index in [-0.39, 0.29) is 11.5 Å². The summed E-state index contributed by atoms with van der Waals surface area (Å²) in [6, 6.07) is 14.3. The minimum Gasteiger partial charge on any atom is -0.508 e. The van der Waals surface area contributed by atoms with Crippen LogP contribution in [0.5, 0.6) is 11.5 Å². The second-order valence-corrected chi connectivity index (χ2v) is 5.78. The number of phenols is 2. The molecule has 0 unspecified atom stereocenters. The second kappa shape index (κ2) is 12.1. The molecule has 2 rings (SSSR count). The fourth-order valence-electron chi connectivity index (χ4n) is 2.24. The molecule has 0 fully saturated rings. The lowest BCUT2D eigenvalue weighted by atomic mass is 10.1. The number of aliphatic carboxylic acids is 2. The molecule has 8 heteroatoms. The molecular formula is C20H23NO7. The van der Waals surface area contributed by atoms with Gasteiger partial charge in [-0.3, -0.25) is 5.32 Å². The molecule has 28 heavy (non-hydrogen) atoms. The third-order valence-corrected chi connectivity index (χ3v) is 3.40. The molecule has 0 bridgehead atoms. The SMILES string of the molecule is O=C(O)/C=C/C(=O)O.Oc1cc(O)cc(CCN[C@H](O)Cc2ccccc2)c1. The van der Waals surface area contributed by atoms with Gasteiger partial charge in [0.2, 0.25) is 0 Å². The zero-order valence-electron chi connectivity index (χ0n) is 15.0. The normalized spacial score (nSPS) is 11.5. The molecule has 2 aromatic carbocycles. The topological polar surface area (TPSA) is 147 Å². The molecule has 8 nitrogen and oxygen atoms in total. The number of carbonyl (C=O) groups is 2. The van der Waals surface area contributed by atoms with E-state index >= 15 is 0 Å². The Morgan fingerprint density at radius 3 is 1.93 bits per heavy atom. The molecule has 150 valence electrons. The van der Waals surface area contributed by atoms with Crippen molar-refractivity contribution in [1.82, 2.24) is 5.32 Å². The van der Waals surface area contributed by atoms with E-state index in [2.05, 4.69) is 5.32 Å². The number of carboxylic acids is 2. The van der Waals surface area contributed by atoms with Crippen LogP contribution in [0.4, 0.5) is 0 Å². The lowest BCUT2D eigenvalue weighted by molar-refractivity contribution is -0.134. The van der Waals surface area contributed by atoms with Gasteiger partial charge in [0.1, 0.15) is 17.7 Å². The van der Waals surface area contributed by atoms with Crippen LogP contribution in [0, 0.1) is 0 Å². The molecule has 1 atom stereocenters. The Hall–Kier alpha value is -3.36. The highest BCUT2D eigenvalue weighted by atomic mass is 16.4. The Morgan fingerprint density at radius 1 is 0.893 bits per heavy atom. The number of phenolic OH excluding ortho intramolecular Hbond substituents is 2. The van der Waals surface area contributed by atoms with Crippen molar-refractivity contribution in [2.45, 2.75) is 19.1 Å². The van der Waals surface area contributed by atoms with Gasteiger partial charge in [-0.2, -0.15) is 0 Å². The average Bonchev–Trinajstić information content (AvgIpc) is 2.60. The van der Waals surface area contributed by atoms with Crippen molar-refractivity contribution in [2.24, 2.45) is 0 Å². The zero-order chi connectivity index (χ0) is 20.9. The molecule has 6 N–H and O–H groups in total. The monoisotopic (exact) mass is 389 g/mol. The smallest absolute Gasteiger partial charge is 0.328 e. The van der Waals surface area contributed by atoms with E-state index in [1.54, 1.807) is 12.1 Å². The molecule has 0 heterocycles. The molecule has 0 saturated carbocycles. The Labute approximate surface area is 162 Å². The van der Waals surface area contributed by atoms with Crippen LogP contribution in [0.15, 0.2) is 60.7 Å². The number of carboxylic acid groups (broad SMARTS) is 2. The van der Waals surface area contributed by atoms with E-state index in [9.17, 15) is 24.9 Å². The maximum absolute atomic E-state index is 9.88. The lowest BCUT2D eigenvalue weighted by Gasteiger charge is -2.13. The summed E-state index contributed by atoms with van der Waals surface area (Å²) in [5.41, 5.74) is 1.89. The summed E-state index contributed by atoms with van der Waals surface area (Å²) in [5, 5.41) is 47.3. The number of aliphatic hydroxyl groups excluding tert-OH is 1. The first-order valence-corrected chi connectivity index (χ1v) is 8.37. The quantitative estimate of drug-likeness (QED) is 0.294. The first kappa shape index (κ1) is 22.7. The van der Waals surface area contributed by atoms with Crippen LogP contribution < -0.4 is 5.32 Å². The largest absolute Gasteiger partial charge is 0.508 e. The molecule has 0 aliphatic heterocycles. The van der Waals surface area contributed by atoms with Crippen molar-refractivity contribution in [1.29, 1.82) is 0 Å². The number of aliphatic hydroxyl groups is 1. The van der Waals surface area contributed by atoms with Crippen LogP contribution in [0.2, 0.25) is 0 Å². The highest BCUT2D eigenvalue weighted by Crippen LogP contribution is 2.20. The first-order chi connectivity index (χ1) is 13.3. The lowest BCUT2D eigenvalue weighted by Crippen LogP contribution is -2.32. The van der Waals surface area contributed by atoms with E-state index in [4.69, 9.17) is 10.2 Å². The van der Waals surface area contributed by atoms with Crippen molar-refractivity contribution < 1.29 is 35.1 Å². The predicted octanol–water partition coefficient (Wildman–Crippen LogP) is 1.50. The first-order valence-electron chi connectivity index (χ1n) is 8.37. The van der Waals surface area contributed by atoms with Gasteiger partial charge >= 0.3 is 11.9 Å². The molecule has 0 amide bonds. The van der Waals surface area contributed by atoms with Gasteiger partial charge in [-0.05, 0) is 29.7 Å². The van der Waals surface area contributed by atoms with Gasteiger partial charge in [0.25, 0.3) is 0 Å². The van der Waals surface area contributed by atoms with Crippen molar-refractivity contribution in [3.8, 4) is 11.5 Å². The van der Waals surface area contributed by atoms with Crippen LogP contribution in [-0.4, -0.2) is 50.2 Å². The Morgan fingerprint density at radius 2 is 1.43 bits per heavy atom. The van der Waals surface area contributed by atoms with Crippen molar-refractivity contribution in [2.75, 3.05) is 6.54 Å². The summed E-state index contributed by atoms with van der Waals surface area (Å²) in [7, 11) is 0. The van der Waals surface area contributed by atoms with Crippen molar-refractivity contribution in [3.63, 3.8) is 0 Å². The minimum atomic E-state index is -1.26. The number of aromatic hydroxyl groups is 2. The van der Waals surface area contributed by atoms with Gasteiger partial charge in [-0.1, -0.05) is 30.3 Å². The summed E-state index contributed by atoms with van der Waals surface area (Å²) in [6.07, 6.45) is 1.67. The van der Waals surface area contributed by atoms with E-state index in [0.29, 0.717) is 31.5 Å².